The van der Waals surface area contributed by atoms with Crippen LogP contribution in [-0.4, -0.2) is 44.7 Å². The van der Waals surface area contributed by atoms with Gasteiger partial charge in [-0.25, -0.2) is 17.8 Å². The molecule has 0 radical (unpaired) electrons. The molecule has 0 saturated carbocycles. The van der Waals surface area contributed by atoms with Gasteiger partial charge in [0.05, 0.1) is 19.0 Å². The molecular weight excluding hydrogens is 433 g/mol. The van der Waals surface area contributed by atoms with E-state index in [9.17, 15) is 12.8 Å². The summed E-state index contributed by atoms with van der Waals surface area (Å²) in [6, 6.07) is 14.1. The summed E-state index contributed by atoms with van der Waals surface area (Å²) in [5.41, 5.74) is 2.50. The number of sulfonamides is 1. The van der Waals surface area contributed by atoms with Crippen molar-refractivity contribution in [2.75, 3.05) is 41.2 Å². The van der Waals surface area contributed by atoms with E-state index in [0.29, 0.717) is 30.4 Å². The second-order valence-electron chi connectivity index (χ2n) is 7.48. The second kappa shape index (κ2) is 9.49. The predicted molar refractivity (Wildman–Crippen MR) is 122 cm³/mol. The lowest BCUT2D eigenvalue weighted by Crippen LogP contribution is -2.36. The molecule has 0 unspecified atom stereocenters. The van der Waals surface area contributed by atoms with E-state index in [2.05, 4.69) is 24.9 Å². The van der Waals surface area contributed by atoms with Crippen molar-refractivity contribution in [1.29, 1.82) is 0 Å². The van der Waals surface area contributed by atoms with Crippen LogP contribution in [0, 0.1) is 12.7 Å². The van der Waals surface area contributed by atoms with E-state index in [1.165, 1.54) is 24.3 Å². The molecule has 168 valence electrons. The Morgan fingerprint density at radius 1 is 1.00 bits per heavy atom. The van der Waals surface area contributed by atoms with E-state index in [4.69, 9.17) is 4.74 Å². The molecule has 2 N–H and O–H groups in total. The van der Waals surface area contributed by atoms with Gasteiger partial charge in [-0.05, 0) is 48.9 Å². The molecule has 1 aliphatic heterocycles. The highest BCUT2D eigenvalue weighted by molar-refractivity contribution is 7.91. The van der Waals surface area contributed by atoms with Gasteiger partial charge in [-0.3, -0.25) is 4.72 Å². The van der Waals surface area contributed by atoms with Gasteiger partial charge in [-0.1, -0.05) is 12.1 Å². The van der Waals surface area contributed by atoms with Crippen LogP contribution in [0.25, 0.3) is 0 Å². The molecule has 4 rings (SSSR count). The van der Waals surface area contributed by atoms with E-state index in [1.54, 1.807) is 24.3 Å². The monoisotopic (exact) mass is 457 g/mol. The fraction of sp³-hybridized carbons (Fsp3) is 0.273. The molecule has 2 aromatic carbocycles. The number of anilines is 4. The first kappa shape index (κ1) is 22.0. The van der Waals surface area contributed by atoms with Gasteiger partial charge in [0.1, 0.15) is 11.6 Å². The molecule has 0 amide bonds. The van der Waals surface area contributed by atoms with Gasteiger partial charge in [0.25, 0.3) is 0 Å². The lowest BCUT2D eigenvalue weighted by molar-refractivity contribution is 0.122. The van der Waals surface area contributed by atoms with Crippen molar-refractivity contribution in [2.24, 2.45) is 0 Å². The van der Waals surface area contributed by atoms with Crippen LogP contribution in [0.3, 0.4) is 0 Å². The van der Waals surface area contributed by atoms with Gasteiger partial charge in [0.15, 0.2) is 0 Å². The molecule has 32 heavy (non-hydrogen) atoms. The topological polar surface area (TPSA) is 96.5 Å². The van der Waals surface area contributed by atoms with Crippen molar-refractivity contribution >= 4 is 33.2 Å². The van der Waals surface area contributed by atoms with Gasteiger partial charge < -0.3 is 15.0 Å². The molecular formula is C22H24FN5O3S. The molecule has 0 aliphatic carbocycles. The number of ether oxygens (including phenoxy) is 1. The Hall–Kier alpha value is -3.24. The lowest BCUT2D eigenvalue weighted by atomic mass is 10.2. The average Bonchev–Trinajstić information content (AvgIpc) is 2.77. The highest BCUT2D eigenvalue weighted by atomic mass is 32.2. The number of morpholine rings is 1. The van der Waals surface area contributed by atoms with Crippen LogP contribution in [0.2, 0.25) is 0 Å². The third kappa shape index (κ3) is 5.92. The van der Waals surface area contributed by atoms with E-state index in [1.807, 2.05) is 13.0 Å². The van der Waals surface area contributed by atoms with Crippen molar-refractivity contribution in [3.8, 4) is 0 Å². The molecule has 1 aliphatic rings. The van der Waals surface area contributed by atoms with Crippen LogP contribution in [0.1, 0.15) is 11.3 Å². The van der Waals surface area contributed by atoms with Crippen molar-refractivity contribution in [3.05, 3.63) is 71.7 Å². The number of hydrogen-bond acceptors (Lipinski definition) is 7. The number of nitrogens with zero attached hydrogens (tertiary/aromatic N) is 3. The Kier molecular flexibility index (Phi) is 6.52. The molecule has 0 atom stereocenters. The molecule has 2 heterocycles. The number of rotatable bonds is 7. The molecule has 1 fully saturated rings. The van der Waals surface area contributed by atoms with Crippen LogP contribution in [-0.2, 0) is 20.5 Å². The maximum absolute atomic E-state index is 13.0. The zero-order valence-corrected chi connectivity index (χ0v) is 18.4. The summed E-state index contributed by atoms with van der Waals surface area (Å²) >= 11 is 0. The number of hydrogen-bond donors (Lipinski definition) is 2. The van der Waals surface area contributed by atoms with E-state index in [0.717, 1.165) is 30.3 Å². The largest absolute Gasteiger partial charge is 0.378 e. The van der Waals surface area contributed by atoms with Crippen molar-refractivity contribution in [1.82, 2.24) is 9.97 Å². The summed E-state index contributed by atoms with van der Waals surface area (Å²) in [7, 11) is -3.63. The van der Waals surface area contributed by atoms with Crippen LogP contribution in [0.5, 0.6) is 0 Å². The normalized spacial score (nSPS) is 14.2. The molecule has 1 saturated heterocycles. The Morgan fingerprint density at radius 3 is 2.34 bits per heavy atom. The number of benzene rings is 2. The second-order valence-corrected chi connectivity index (χ2v) is 9.20. The van der Waals surface area contributed by atoms with E-state index < -0.39 is 15.8 Å². The van der Waals surface area contributed by atoms with Gasteiger partial charge in [-0.2, -0.15) is 4.98 Å². The van der Waals surface area contributed by atoms with Crippen molar-refractivity contribution in [2.45, 2.75) is 12.7 Å². The molecule has 10 heteroatoms. The summed E-state index contributed by atoms with van der Waals surface area (Å²) in [4.78, 5) is 11.2. The zero-order valence-electron chi connectivity index (χ0n) is 17.6. The van der Waals surface area contributed by atoms with Gasteiger partial charge in [0, 0.05) is 36.2 Å². The summed E-state index contributed by atoms with van der Waals surface area (Å²) in [5, 5.41) is 3.17. The minimum absolute atomic E-state index is 0.241. The highest BCUT2D eigenvalue weighted by Crippen LogP contribution is 2.21. The SMILES string of the molecule is Cc1cc(N2CCOCC2)nc(Nc2ccc(NS(=O)(=O)Cc3ccc(F)cc3)cc2)n1. The molecule has 0 bridgehead atoms. The first-order valence-electron chi connectivity index (χ1n) is 10.2. The minimum atomic E-state index is -3.63. The molecule has 3 aromatic rings. The highest BCUT2D eigenvalue weighted by Gasteiger charge is 2.15. The lowest BCUT2D eigenvalue weighted by Gasteiger charge is -2.28. The number of aromatic nitrogens is 2. The first-order chi connectivity index (χ1) is 15.4. The first-order valence-corrected chi connectivity index (χ1v) is 11.8. The van der Waals surface area contributed by atoms with E-state index >= 15 is 0 Å². The van der Waals surface area contributed by atoms with E-state index in [-0.39, 0.29) is 5.75 Å². The standard InChI is InChI=1S/C22H24FN5O3S/c1-16-14-21(28-10-12-31-13-11-28)26-22(24-16)25-19-6-8-20(9-7-19)27-32(29,30)15-17-2-4-18(23)5-3-17/h2-9,14,27H,10-13,15H2,1H3,(H,24,25,26). The molecule has 1 aromatic heterocycles. The Morgan fingerprint density at radius 2 is 1.66 bits per heavy atom. The minimum Gasteiger partial charge on any atom is -0.378 e. The number of nitrogens with one attached hydrogen (secondary N) is 2. The van der Waals surface area contributed by atoms with Crippen molar-refractivity contribution < 1.29 is 17.5 Å². The zero-order chi connectivity index (χ0) is 22.6. The number of halogens is 1. The smallest absolute Gasteiger partial charge is 0.236 e. The maximum atomic E-state index is 13.0. The summed E-state index contributed by atoms with van der Waals surface area (Å²) < 4.78 is 45.7. The summed E-state index contributed by atoms with van der Waals surface area (Å²) in [6.07, 6.45) is 0. The fourth-order valence-electron chi connectivity index (χ4n) is 3.33. The maximum Gasteiger partial charge on any atom is 0.236 e. The van der Waals surface area contributed by atoms with Crippen LogP contribution >= 0.6 is 0 Å². The Labute approximate surface area is 186 Å². The van der Waals surface area contributed by atoms with Crippen LogP contribution in [0.4, 0.5) is 27.5 Å². The van der Waals surface area contributed by atoms with Gasteiger partial charge in [-0.15, -0.1) is 0 Å². The molecule has 8 nitrogen and oxygen atoms in total. The third-order valence-corrected chi connectivity index (χ3v) is 6.12. The fourth-order valence-corrected chi connectivity index (χ4v) is 4.53. The molecule has 0 spiro atoms. The number of aryl methyl sites for hydroxylation is 1. The quantitative estimate of drug-likeness (QED) is 0.561. The van der Waals surface area contributed by atoms with Crippen molar-refractivity contribution in [3.63, 3.8) is 0 Å². The average molecular weight is 458 g/mol. The van der Waals surface area contributed by atoms with Gasteiger partial charge in [0.2, 0.25) is 16.0 Å². The Bertz CT molecular complexity index is 1170. The third-order valence-electron chi connectivity index (χ3n) is 4.86. The summed E-state index contributed by atoms with van der Waals surface area (Å²) in [5.74, 6) is 0.663. The summed E-state index contributed by atoms with van der Waals surface area (Å²) in [6.45, 7) is 4.82. The van der Waals surface area contributed by atoms with Crippen LogP contribution < -0.4 is 14.9 Å². The predicted octanol–water partition coefficient (Wildman–Crippen LogP) is 3.45. The van der Waals surface area contributed by atoms with Crippen LogP contribution in [0.15, 0.2) is 54.6 Å². The van der Waals surface area contributed by atoms with Gasteiger partial charge >= 0.3 is 0 Å². The Balaban J connectivity index is 1.41.